The molecule has 2 heterocycles. The number of thioether (sulfide) groups is 1. The van der Waals surface area contributed by atoms with Crippen molar-refractivity contribution in [2.45, 2.75) is 45.7 Å². The number of methoxy groups -OCH3 is 1. The first-order chi connectivity index (χ1) is 12.7. The van der Waals surface area contributed by atoms with Crippen molar-refractivity contribution in [2.24, 2.45) is 16.1 Å². The maximum Gasteiger partial charge on any atom is 0.339 e. The lowest BCUT2D eigenvalue weighted by Crippen LogP contribution is -2.45. The van der Waals surface area contributed by atoms with Gasteiger partial charge >= 0.3 is 5.63 Å². The van der Waals surface area contributed by atoms with Crippen molar-refractivity contribution >= 4 is 28.4 Å². The zero-order chi connectivity index (χ0) is 20.2. The quantitative estimate of drug-likeness (QED) is 0.417. The summed E-state index contributed by atoms with van der Waals surface area (Å²) < 4.78 is 10.4. The number of rotatable bonds is 7. The molecular weight excluding hydrogens is 370 g/mol. The summed E-state index contributed by atoms with van der Waals surface area (Å²) >= 11 is 1.36. The molecule has 148 valence electrons. The number of aliphatic imine (C=N–C) groups is 1. The van der Waals surface area contributed by atoms with Gasteiger partial charge in [-0.25, -0.2) is 4.79 Å². The van der Waals surface area contributed by atoms with E-state index in [0.29, 0.717) is 34.4 Å². The topological polar surface area (TPSA) is 113 Å². The molecule has 1 amide bonds. The number of nitrogens with one attached hydrogen (secondary N) is 1. The van der Waals surface area contributed by atoms with E-state index in [2.05, 4.69) is 15.5 Å². The van der Waals surface area contributed by atoms with E-state index in [1.807, 2.05) is 13.8 Å². The Morgan fingerprint density at radius 3 is 2.81 bits per heavy atom. The molecule has 1 unspecified atom stereocenters. The minimum absolute atomic E-state index is 0.250. The number of amides is 1. The first-order valence-electron chi connectivity index (χ1n) is 8.60. The van der Waals surface area contributed by atoms with E-state index in [-0.39, 0.29) is 11.8 Å². The smallest absolute Gasteiger partial charge is 0.339 e. The van der Waals surface area contributed by atoms with Gasteiger partial charge in [-0.2, -0.15) is 0 Å². The molecule has 0 aromatic carbocycles. The second kappa shape index (κ2) is 8.60. The fraction of sp³-hybridized carbons (Fsp3) is 0.556. The minimum atomic E-state index is -1.000. The lowest BCUT2D eigenvalue weighted by molar-refractivity contribution is -0.125. The van der Waals surface area contributed by atoms with Crippen LogP contribution in [0.3, 0.4) is 0 Å². The van der Waals surface area contributed by atoms with Crippen molar-refractivity contribution in [2.75, 3.05) is 12.9 Å². The van der Waals surface area contributed by atoms with Crippen LogP contribution in [0, 0.1) is 5.92 Å². The number of hydrogen-bond donors (Lipinski definition) is 2. The van der Waals surface area contributed by atoms with E-state index >= 15 is 0 Å². The Bertz CT molecular complexity index is 817. The summed E-state index contributed by atoms with van der Waals surface area (Å²) in [6.45, 7) is 7.38. The Balaban J connectivity index is 2.29. The number of oxime groups is 1. The average Bonchev–Trinajstić information content (AvgIpc) is 3.03. The van der Waals surface area contributed by atoms with Crippen LogP contribution in [0.25, 0.3) is 0 Å². The van der Waals surface area contributed by atoms with Gasteiger partial charge in [0, 0.05) is 11.8 Å². The molecule has 0 spiro atoms. The molecule has 1 aliphatic rings. The summed E-state index contributed by atoms with van der Waals surface area (Å²) in [5.41, 5.74) is -1.17. The molecule has 9 heteroatoms. The maximum absolute atomic E-state index is 12.9. The first-order valence-corrected chi connectivity index (χ1v) is 9.58. The van der Waals surface area contributed by atoms with Gasteiger partial charge in [0.1, 0.15) is 27.8 Å². The van der Waals surface area contributed by atoms with E-state index in [4.69, 9.17) is 14.4 Å². The SMILES string of the molecule is COc1cc([C@@H](CC(C)C)NC(=O)C2(C)CSC(/C(C)=N\O)=N2)oc(=O)c1. The Hall–Kier alpha value is -2.29. The summed E-state index contributed by atoms with van der Waals surface area (Å²) in [5.74, 6) is 1.11. The monoisotopic (exact) mass is 395 g/mol. The zero-order valence-corrected chi connectivity index (χ0v) is 16.9. The van der Waals surface area contributed by atoms with Gasteiger partial charge in [-0.1, -0.05) is 19.0 Å². The van der Waals surface area contributed by atoms with Gasteiger partial charge in [-0.3, -0.25) is 9.79 Å². The molecule has 1 aromatic rings. The van der Waals surface area contributed by atoms with Crippen molar-refractivity contribution in [3.8, 4) is 5.75 Å². The van der Waals surface area contributed by atoms with E-state index < -0.39 is 17.2 Å². The van der Waals surface area contributed by atoms with Crippen LogP contribution in [0.1, 0.15) is 45.9 Å². The summed E-state index contributed by atoms with van der Waals surface area (Å²) in [7, 11) is 1.46. The molecule has 2 rings (SSSR count). The van der Waals surface area contributed by atoms with Crippen LogP contribution in [0.4, 0.5) is 0 Å². The van der Waals surface area contributed by atoms with Gasteiger partial charge in [0.25, 0.3) is 0 Å². The van der Waals surface area contributed by atoms with Gasteiger partial charge in [0.05, 0.1) is 19.2 Å². The number of hydrogen-bond acceptors (Lipinski definition) is 8. The molecule has 0 aliphatic carbocycles. The van der Waals surface area contributed by atoms with Crippen LogP contribution in [0.2, 0.25) is 0 Å². The van der Waals surface area contributed by atoms with Crippen molar-refractivity contribution in [1.82, 2.24) is 5.32 Å². The van der Waals surface area contributed by atoms with Gasteiger partial charge in [0.2, 0.25) is 5.91 Å². The van der Waals surface area contributed by atoms with Crippen molar-refractivity contribution in [3.05, 3.63) is 28.3 Å². The Labute approximate surface area is 162 Å². The summed E-state index contributed by atoms with van der Waals surface area (Å²) in [5, 5.41) is 15.5. The summed E-state index contributed by atoms with van der Waals surface area (Å²) in [6, 6.07) is 2.37. The Morgan fingerprint density at radius 2 is 2.22 bits per heavy atom. The van der Waals surface area contributed by atoms with E-state index in [1.54, 1.807) is 19.9 Å². The average molecular weight is 395 g/mol. The van der Waals surface area contributed by atoms with Crippen molar-refractivity contribution in [3.63, 3.8) is 0 Å². The molecule has 0 fully saturated rings. The number of carbonyl (C=O) groups excluding carboxylic acids is 1. The van der Waals surface area contributed by atoms with E-state index in [9.17, 15) is 9.59 Å². The second-order valence-electron chi connectivity index (χ2n) is 7.04. The Morgan fingerprint density at radius 1 is 1.52 bits per heavy atom. The fourth-order valence-electron chi connectivity index (χ4n) is 2.64. The number of nitrogens with zero attached hydrogens (tertiary/aromatic N) is 2. The van der Waals surface area contributed by atoms with Gasteiger partial charge < -0.3 is 19.7 Å². The molecule has 27 heavy (non-hydrogen) atoms. The van der Waals surface area contributed by atoms with Crippen molar-refractivity contribution < 1.29 is 19.2 Å². The maximum atomic E-state index is 12.9. The largest absolute Gasteiger partial charge is 0.496 e. The molecule has 0 saturated carbocycles. The lowest BCUT2D eigenvalue weighted by Gasteiger charge is -2.25. The second-order valence-corrected chi connectivity index (χ2v) is 8.00. The van der Waals surface area contributed by atoms with Crippen LogP contribution in [-0.2, 0) is 4.79 Å². The highest BCUT2D eigenvalue weighted by Crippen LogP contribution is 2.31. The third-order valence-corrected chi connectivity index (χ3v) is 5.51. The van der Waals surface area contributed by atoms with Crippen LogP contribution in [-0.4, -0.2) is 40.3 Å². The molecule has 0 radical (unpaired) electrons. The predicted molar refractivity (Wildman–Crippen MR) is 105 cm³/mol. The summed E-state index contributed by atoms with van der Waals surface area (Å²) in [6.07, 6.45) is 0.582. The van der Waals surface area contributed by atoms with Gasteiger partial charge in [0.15, 0.2) is 0 Å². The third-order valence-electron chi connectivity index (χ3n) is 4.14. The van der Waals surface area contributed by atoms with Crippen LogP contribution in [0.15, 0.2) is 31.5 Å². The molecule has 2 N–H and O–H groups in total. The Kier molecular flexibility index (Phi) is 6.69. The van der Waals surface area contributed by atoms with E-state index in [1.165, 1.54) is 24.9 Å². The van der Waals surface area contributed by atoms with Gasteiger partial charge in [-0.15, -0.1) is 11.8 Å². The highest BCUT2D eigenvalue weighted by Gasteiger charge is 2.40. The molecule has 1 aromatic heterocycles. The molecule has 2 atom stereocenters. The third kappa shape index (κ3) is 5.12. The van der Waals surface area contributed by atoms with Crippen molar-refractivity contribution in [1.29, 1.82) is 0 Å². The predicted octanol–water partition coefficient (Wildman–Crippen LogP) is 2.61. The normalized spacial score (nSPS) is 21.1. The number of ether oxygens (including phenoxy) is 1. The summed E-state index contributed by atoms with van der Waals surface area (Å²) in [4.78, 5) is 29.2. The first kappa shape index (κ1) is 21.0. The van der Waals surface area contributed by atoms with Crippen LogP contribution >= 0.6 is 11.8 Å². The van der Waals surface area contributed by atoms with Crippen LogP contribution in [0.5, 0.6) is 5.75 Å². The molecule has 1 aliphatic heterocycles. The molecular formula is C18H25N3O5S. The highest BCUT2D eigenvalue weighted by molar-refractivity contribution is 8.16. The minimum Gasteiger partial charge on any atom is -0.496 e. The number of carbonyl (C=O) groups is 1. The van der Waals surface area contributed by atoms with Gasteiger partial charge in [-0.05, 0) is 26.2 Å². The molecule has 0 saturated heterocycles. The molecule has 8 nitrogen and oxygen atoms in total. The van der Waals surface area contributed by atoms with Crippen LogP contribution < -0.4 is 15.7 Å². The lowest BCUT2D eigenvalue weighted by atomic mass is 9.98. The standard InChI is InChI=1S/C18H25N3O5S/c1-10(2)6-13(14-7-12(25-5)8-15(22)26-14)19-17(23)18(4)9-27-16(20-18)11(3)21-24/h7-8,10,13,24H,6,9H2,1-5H3,(H,19,23)/b21-11-/t13-,18?/m1/s1. The highest BCUT2D eigenvalue weighted by atomic mass is 32.2. The molecule has 0 bridgehead atoms. The fourth-order valence-corrected chi connectivity index (χ4v) is 3.77. The zero-order valence-electron chi connectivity index (χ0n) is 16.1. The van der Waals surface area contributed by atoms with E-state index in [0.717, 1.165) is 0 Å².